The van der Waals surface area contributed by atoms with Crippen LogP contribution in [0.5, 0.6) is 0 Å². The number of hydrogen-bond acceptors (Lipinski definition) is 3. The van der Waals surface area contributed by atoms with Gasteiger partial charge in [-0.3, -0.25) is 9.88 Å². The minimum Gasteiger partial charge on any atom is -0.323 e. The smallest absolute Gasteiger partial charge is 0.114 e. The first-order valence-electron chi connectivity index (χ1n) is 13.4. The molecule has 1 aliphatic rings. The molecule has 0 atom stereocenters. The van der Waals surface area contributed by atoms with Gasteiger partial charge in [0.1, 0.15) is 5.82 Å². The molecule has 0 N–H and O–H groups in total. The Labute approximate surface area is 219 Å². The fraction of sp³-hybridized carbons (Fsp3) is 0.273. The molecule has 0 saturated carbocycles. The SMILES string of the molecule is Cc1ccc(C)c(Cn2c(Cc3ccncc3)nc3ccc(-c4cccc(CN5CCCC5)c4)cc32)c1. The number of imidazole rings is 1. The minimum absolute atomic E-state index is 0.780. The van der Waals surface area contributed by atoms with Crippen molar-refractivity contribution in [1.29, 1.82) is 0 Å². The number of benzene rings is 3. The van der Waals surface area contributed by atoms with E-state index in [0.717, 1.165) is 30.9 Å². The summed E-state index contributed by atoms with van der Waals surface area (Å²) in [4.78, 5) is 11.9. The summed E-state index contributed by atoms with van der Waals surface area (Å²) in [7, 11) is 0. The summed E-state index contributed by atoms with van der Waals surface area (Å²) in [5, 5.41) is 0. The van der Waals surface area contributed by atoms with Crippen molar-refractivity contribution in [2.75, 3.05) is 13.1 Å². The number of fused-ring (bicyclic) bond motifs is 1. The van der Waals surface area contributed by atoms with Gasteiger partial charge in [0.2, 0.25) is 0 Å². The van der Waals surface area contributed by atoms with E-state index in [-0.39, 0.29) is 0 Å². The van der Waals surface area contributed by atoms with E-state index in [0.29, 0.717) is 0 Å². The second-order valence-electron chi connectivity index (χ2n) is 10.5. The zero-order valence-electron chi connectivity index (χ0n) is 21.8. The first kappa shape index (κ1) is 23.6. The van der Waals surface area contributed by atoms with Gasteiger partial charge in [-0.15, -0.1) is 0 Å². The molecule has 0 unspecified atom stereocenters. The third-order valence-electron chi connectivity index (χ3n) is 7.64. The number of likely N-dealkylation sites (tertiary alicyclic amines) is 1. The molecule has 3 aromatic carbocycles. The second kappa shape index (κ2) is 10.3. The van der Waals surface area contributed by atoms with Crippen molar-refractivity contribution in [2.24, 2.45) is 0 Å². The van der Waals surface area contributed by atoms with E-state index in [2.05, 4.69) is 101 Å². The highest BCUT2D eigenvalue weighted by molar-refractivity contribution is 5.83. The molecule has 0 aliphatic carbocycles. The van der Waals surface area contributed by atoms with Crippen LogP contribution in [0.3, 0.4) is 0 Å². The average molecular weight is 487 g/mol. The van der Waals surface area contributed by atoms with Gasteiger partial charge in [-0.2, -0.15) is 0 Å². The van der Waals surface area contributed by atoms with Crippen LogP contribution in [0.1, 0.15) is 46.5 Å². The summed E-state index contributed by atoms with van der Waals surface area (Å²) in [5.74, 6) is 1.09. The van der Waals surface area contributed by atoms with Crippen molar-refractivity contribution < 1.29 is 0 Å². The van der Waals surface area contributed by atoms with Crippen LogP contribution in [-0.4, -0.2) is 32.5 Å². The maximum atomic E-state index is 5.11. The number of aromatic nitrogens is 3. The molecule has 1 fully saturated rings. The average Bonchev–Trinajstić information content (AvgIpc) is 3.54. The van der Waals surface area contributed by atoms with Crippen molar-refractivity contribution in [1.82, 2.24) is 19.4 Å². The van der Waals surface area contributed by atoms with E-state index in [1.165, 1.54) is 70.4 Å². The molecule has 4 nitrogen and oxygen atoms in total. The zero-order chi connectivity index (χ0) is 25.2. The second-order valence-corrected chi connectivity index (χ2v) is 10.5. The summed E-state index contributed by atoms with van der Waals surface area (Å²) in [6.45, 7) is 8.65. The van der Waals surface area contributed by atoms with Crippen molar-refractivity contribution in [3.63, 3.8) is 0 Å². The predicted octanol–water partition coefficient (Wildman–Crippen LogP) is 6.95. The van der Waals surface area contributed by atoms with Crippen LogP contribution < -0.4 is 0 Å². The molecule has 6 rings (SSSR count). The molecule has 37 heavy (non-hydrogen) atoms. The highest BCUT2D eigenvalue weighted by Gasteiger charge is 2.15. The predicted molar refractivity (Wildman–Crippen MR) is 152 cm³/mol. The van der Waals surface area contributed by atoms with E-state index >= 15 is 0 Å². The number of aryl methyl sites for hydroxylation is 2. The summed E-state index contributed by atoms with van der Waals surface area (Å²) in [5.41, 5.74) is 11.3. The Bertz CT molecular complexity index is 1530. The third kappa shape index (κ3) is 5.21. The van der Waals surface area contributed by atoms with Crippen LogP contribution in [0.15, 0.2) is 85.2 Å². The van der Waals surface area contributed by atoms with Crippen molar-refractivity contribution >= 4 is 11.0 Å². The summed E-state index contributed by atoms with van der Waals surface area (Å²) >= 11 is 0. The lowest BCUT2D eigenvalue weighted by atomic mass is 10.0. The van der Waals surface area contributed by atoms with Gasteiger partial charge in [-0.05, 0) is 103 Å². The van der Waals surface area contributed by atoms with Crippen molar-refractivity contribution in [3.8, 4) is 11.1 Å². The highest BCUT2D eigenvalue weighted by atomic mass is 15.1. The highest BCUT2D eigenvalue weighted by Crippen LogP contribution is 2.28. The molecule has 4 heteroatoms. The Balaban J connectivity index is 1.41. The standard InChI is InChI=1S/C33H34N4/c1-24-8-9-25(2)30(18-24)23-37-32-21-29(28-7-5-6-27(19-28)22-36-16-3-4-17-36)10-11-31(32)35-33(37)20-26-12-14-34-15-13-26/h5-15,18-19,21H,3-4,16-17,20,22-23H2,1-2H3. The normalized spacial score (nSPS) is 14.0. The van der Waals surface area contributed by atoms with Crippen LogP contribution in [-0.2, 0) is 19.5 Å². The quantitative estimate of drug-likeness (QED) is 0.250. The lowest BCUT2D eigenvalue weighted by Crippen LogP contribution is -2.18. The zero-order valence-corrected chi connectivity index (χ0v) is 21.8. The molecule has 3 heterocycles. The van der Waals surface area contributed by atoms with Gasteiger partial charge in [0.25, 0.3) is 0 Å². The number of hydrogen-bond donors (Lipinski definition) is 0. The molecule has 1 aliphatic heterocycles. The van der Waals surface area contributed by atoms with Gasteiger partial charge in [-0.1, -0.05) is 48.0 Å². The van der Waals surface area contributed by atoms with Crippen LogP contribution in [0.4, 0.5) is 0 Å². The number of rotatable bonds is 7. The van der Waals surface area contributed by atoms with Crippen LogP contribution in [0.25, 0.3) is 22.2 Å². The Kier molecular flexibility index (Phi) is 6.58. The maximum absolute atomic E-state index is 5.11. The van der Waals surface area contributed by atoms with E-state index in [4.69, 9.17) is 4.98 Å². The van der Waals surface area contributed by atoms with E-state index in [1.807, 2.05) is 12.4 Å². The number of nitrogens with zero attached hydrogens (tertiary/aromatic N) is 4. The van der Waals surface area contributed by atoms with Gasteiger partial charge < -0.3 is 4.57 Å². The molecular weight excluding hydrogens is 452 g/mol. The molecule has 0 amide bonds. The summed E-state index contributed by atoms with van der Waals surface area (Å²) in [6, 6.07) is 26.7. The molecule has 2 aromatic heterocycles. The fourth-order valence-corrected chi connectivity index (χ4v) is 5.54. The van der Waals surface area contributed by atoms with Crippen LogP contribution in [0, 0.1) is 13.8 Å². The largest absolute Gasteiger partial charge is 0.323 e. The van der Waals surface area contributed by atoms with Gasteiger partial charge in [0.05, 0.1) is 11.0 Å². The van der Waals surface area contributed by atoms with Crippen LogP contribution in [0.2, 0.25) is 0 Å². The number of pyridine rings is 1. The minimum atomic E-state index is 0.780. The maximum Gasteiger partial charge on any atom is 0.114 e. The van der Waals surface area contributed by atoms with Gasteiger partial charge in [-0.25, -0.2) is 4.98 Å². The third-order valence-corrected chi connectivity index (χ3v) is 7.64. The van der Waals surface area contributed by atoms with Gasteiger partial charge in [0, 0.05) is 31.9 Å². The Morgan fingerprint density at radius 2 is 1.57 bits per heavy atom. The fourth-order valence-electron chi connectivity index (χ4n) is 5.54. The van der Waals surface area contributed by atoms with Crippen LogP contribution >= 0.6 is 0 Å². The van der Waals surface area contributed by atoms with E-state index < -0.39 is 0 Å². The molecule has 0 bridgehead atoms. The van der Waals surface area contributed by atoms with Crippen molar-refractivity contribution in [3.05, 3.63) is 119 Å². The Morgan fingerprint density at radius 3 is 2.41 bits per heavy atom. The lowest BCUT2D eigenvalue weighted by Gasteiger charge is -2.15. The molecule has 0 radical (unpaired) electrons. The first-order chi connectivity index (χ1) is 18.1. The van der Waals surface area contributed by atoms with E-state index in [1.54, 1.807) is 0 Å². The first-order valence-corrected chi connectivity index (χ1v) is 13.4. The monoisotopic (exact) mass is 486 g/mol. The molecule has 186 valence electrons. The Hall–Kier alpha value is -3.76. The van der Waals surface area contributed by atoms with Gasteiger partial charge >= 0.3 is 0 Å². The summed E-state index contributed by atoms with van der Waals surface area (Å²) in [6.07, 6.45) is 7.15. The van der Waals surface area contributed by atoms with Gasteiger partial charge in [0.15, 0.2) is 0 Å². The molecule has 0 spiro atoms. The Morgan fingerprint density at radius 1 is 0.757 bits per heavy atom. The van der Waals surface area contributed by atoms with E-state index in [9.17, 15) is 0 Å². The molecule has 5 aromatic rings. The summed E-state index contributed by atoms with van der Waals surface area (Å²) < 4.78 is 2.41. The van der Waals surface area contributed by atoms with Crippen molar-refractivity contribution in [2.45, 2.75) is 46.2 Å². The topological polar surface area (TPSA) is 34.0 Å². The molecular formula is C33H34N4. The molecule has 1 saturated heterocycles. The lowest BCUT2D eigenvalue weighted by molar-refractivity contribution is 0.331.